The predicted molar refractivity (Wildman–Crippen MR) is 77.9 cm³/mol. The van der Waals surface area contributed by atoms with Crippen LogP contribution in [0, 0.1) is 0 Å². The van der Waals surface area contributed by atoms with Crippen molar-refractivity contribution in [1.82, 2.24) is 9.97 Å². The highest BCUT2D eigenvalue weighted by Gasteiger charge is 2.26. The molecule has 1 aliphatic carbocycles. The van der Waals surface area contributed by atoms with E-state index in [1.165, 1.54) is 24.2 Å². The Balaban J connectivity index is 1.84. The van der Waals surface area contributed by atoms with Crippen LogP contribution in [0.4, 0.5) is 10.9 Å². The zero-order valence-corrected chi connectivity index (χ0v) is 11.9. The smallest absolute Gasteiger partial charge is 0.335 e. The van der Waals surface area contributed by atoms with Gasteiger partial charge in [-0.3, -0.25) is 0 Å². The Bertz CT molecular complexity index is 650. The Kier molecular flexibility index (Phi) is 3.40. The average Bonchev–Trinajstić information content (AvgIpc) is 3.19. The zero-order chi connectivity index (χ0) is 14.1. The number of rotatable bonds is 5. The second kappa shape index (κ2) is 5.20. The number of nitrogens with zero attached hydrogens (tertiary/aromatic N) is 2. The molecule has 3 rings (SSSR count). The fourth-order valence-electron chi connectivity index (χ4n) is 1.98. The summed E-state index contributed by atoms with van der Waals surface area (Å²) in [6.45, 7) is 1.95. The summed E-state index contributed by atoms with van der Waals surface area (Å²) in [7, 11) is 0. The largest absolute Gasteiger partial charge is 0.478 e. The minimum absolute atomic E-state index is 0.248. The molecule has 2 aromatic heterocycles. The first kappa shape index (κ1) is 13.1. The van der Waals surface area contributed by atoms with E-state index in [0.29, 0.717) is 18.2 Å². The van der Waals surface area contributed by atoms with E-state index in [0.717, 1.165) is 16.5 Å². The summed E-state index contributed by atoms with van der Waals surface area (Å²) >= 11 is 1.53. The Morgan fingerprint density at radius 2 is 2.25 bits per heavy atom. The van der Waals surface area contributed by atoms with E-state index >= 15 is 0 Å². The van der Waals surface area contributed by atoms with Crippen LogP contribution < -0.4 is 5.32 Å². The van der Waals surface area contributed by atoms with Crippen LogP contribution in [0.25, 0.3) is 0 Å². The molecule has 0 aliphatic heterocycles. The van der Waals surface area contributed by atoms with Crippen LogP contribution in [-0.4, -0.2) is 21.0 Å². The lowest BCUT2D eigenvalue weighted by molar-refractivity contribution is 0.0696. The Morgan fingerprint density at radius 1 is 1.45 bits per heavy atom. The van der Waals surface area contributed by atoms with Crippen LogP contribution in [0.5, 0.6) is 0 Å². The number of carboxylic acid groups (broad SMARTS) is 1. The quantitative estimate of drug-likeness (QED) is 0.882. The van der Waals surface area contributed by atoms with Crippen LogP contribution >= 0.6 is 11.3 Å². The fraction of sp³-hybridized carbons (Fsp3) is 0.357. The number of pyridine rings is 1. The standard InChI is InChI=1S/C14H15N3O2S/c1-2-10-5-9(13(18)19)6-12(15-10)17-14-16-11(7-20-14)8-3-4-8/h5-8H,2-4H2,1H3,(H,18,19)(H,15,16,17). The summed E-state index contributed by atoms with van der Waals surface area (Å²) < 4.78 is 0. The maximum atomic E-state index is 11.1. The first-order chi connectivity index (χ1) is 9.65. The van der Waals surface area contributed by atoms with Gasteiger partial charge in [-0.15, -0.1) is 11.3 Å². The zero-order valence-electron chi connectivity index (χ0n) is 11.1. The summed E-state index contributed by atoms with van der Waals surface area (Å²) in [5.41, 5.74) is 2.13. The van der Waals surface area contributed by atoms with Crippen molar-refractivity contribution in [3.05, 3.63) is 34.5 Å². The fourth-order valence-corrected chi connectivity index (χ4v) is 2.78. The van der Waals surface area contributed by atoms with E-state index in [-0.39, 0.29) is 5.56 Å². The molecule has 5 nitrogen and oxygen atoms in total. The van der Waals surface area contributed by atoms with Crippen molar-refractivity contribution < 1.29 is 9.90 Å². The van der Waals surface area contributed by atoms with Crippen molar-refractivity contribution in [2.45, 2.75) is 32.1 Å². The molecule has 0 atom stereocenters. The van der Waals surface area contributed by atoms with Gasteiger partial charge in [0.1, 0.15) is 5.82 Å². The summed E-state index contributed by atoms with van der Waals surface area (Å²) in [5.74, 6) is 0.215. The van der Waals surface area contributed by atoms with E-state index < -0.39 is 5.97 Å². The van der Waals surface area contributed by atoms with Crippen molar-refractivity contribution in [3.8, 4) is 0 Å². The monoisotopic (exact) mass is 289 g/mol. The molecule has 2 N–H and O–H groups in total. The van der Waals surface area contributed by atoms with Crippen molar-refractivity contribution in [3.63, 3.8) is 0 Å². The second-order valence-corrected chi connectivity index (χ2v) is 5.73. The number of carboxylic acids is 1. The highest BCUT2D eigenvalue weighted by atomic mass is 32.1. The van der Waals surface area contributed by atoms with Gasteiger partial charge in [-0.2, -0.15) is 0 Å². The molecule has 2 aromatic rings. The summed E-state index contributed by atoms with van der Waals surface area (Å²) in [6.07, 6.45) is 3.13. The molecule has 0 saturated heterocycles. The first-order valence-electron chi connectivity index (χ1n) is 6.62. The highest BCUT2D eigenvalue weighted by molar-refractivity contribution is 7.13. The molecule has 2 heterocycles. The molecular weight excluding hydrogens is 274 g/mol. The number of hydrogen-bond donors (Lipinski definition) is 2. The topological polar surface area (TPSA) is 75.1 Å². The van der Waals surface area contributed by atoms with Crippen LogP contribution in [0.1, 0.15) is 47.4 Å². The van der Waals surface area contributed by atoms with Gasteiger partial charge in [0.25, 0.3) is 0 Å². The first-order valence-corrected chi connectivity index (χ1v) is 7.50. The second-order valence-electron chi connectivity index (χ2n) is 4.87. The molecule has 20 heavy (non-hydrogen) atoms. The number of anilines is 2. The molecule has 0 aromatic carbocycles. The summed E-state index contributed by atoms with van der Waals surface area (Å²) in [6, 6.07) is 3.14. The van der Waals surface area contributed by atoms with Crippen molar-refractivity contribution in [2.75, 3.05) is 5.32 Å². The van der Waals surface area contributed by atoms with E-state index in [1.54, 1.807) is 12.1 Å². The molecule has 104 valence electrons. The predicted octanol–water partition coefficient (Wildman–Crippen LogP) is 3.42. The number of hydrogen-bond acceptors (Lipinski definition) is 5. The van der Waals surface area contributed by atoms with Gasteiger partial charge in [0.05, 0.1) is 11.3 Å². The van der Waals surface area contributed by atoms with Crippen LogP contribution in [-0.2, 0) is 6.42 Å². The Morgan fingerprint density at radius 3 is 2.90 bits per heavy atom. The number of aromatic carboxylic acids is 1. The van der Waals surface area contributed by atoms with Crippen LogP contribution in [0.2, 0.25) is 0 Å². The summed E-state index contributed by atoms with van der Waals surface area (Å²) in [5, 5.41) is 15.0. The lowest BCUT2D eigenvalue weighted by Crippen LogP contribution is -2.03. The number of thiazole rings is 1. The molecule has 0 spiro atoms. The van der Waals surface area contributed by atoms with Gasteiger partial charge in [-0.05, 0) is 31.4 Å². The Hall–Kier alpha value is -1.95. The van der Waals surface area contributed by atoms with E-state index in [2.05, 4.69) is 20.7 Å². The van der Waals surface area contributed by atoms with Gasteiger partial charge in [0.2, 0.25) is 0 Å². The van der Waals surface area contributed by atoms with Crippen molar-refractivity contribution in [2.24, 2.45) is 0 Å². The van der Waals surface area contributed by atoms with Crippen molar-refractivity contribution in [1.29, 1.82) is 0 Å². The van der Waals surface area contributed by atoms with Gasteiger partial charge in [0.15, 0.2) is 5.13 Å². The van der Waals surface area contributed by atoms with Gasteiger partial charge in [0, 0.05) is 17.0 Å². The van der Waals surface area contributed by atoms with Gasteiger partial charge < -0.3 is 10.4 Å². The molecule has 1 fully saturated rings. The van der Waals surface area contributed by atoms with Crippen LogP contribution in [0.15, 0.2) is 17.5 Å². The maximum absolute atomic E-state index is 11.1. The third kappa shape index (κ3) is 2.80. The van der Waals surface area contributed by atoms with Crippen molar-refractivity contribution >= 4 is 28.3 Å². The number of nitrogens with one attached hydrogen (secondary N) is 1. The Labute approximate surface area is 120 Å². The molecule has 0 bridgehead atoms. The lowest BCUT2D eigenvalue weighted by Gasteiger charge is -2.06. The molecule has 6 heteroatoms. The van der Waals surface area contributed by atoms with E-state index in [4.69, 9.17) is 5.11 Å². The highest BCUT2D eigenvalue weighted by Crippen LogP contribution is 2.41. The molecule has 1 saturated carbocycles. The minimum Gasteiger partial charge on any atom is -0.478 e. The normalized spacial score (nSPS) is 14.2. The number of carbonyl (C=O) groups is 1. The minimum atomic E-state index is -0.942. The SMILES string of the molecule is CCc1cc(C(=O)O)cc(Nc2nc(C3CC3)cs2)n1. The molecule has 0 unspecified atom stereocenters. The molecule has 1 aliphatic rings. The molecule has 0 amide bonds. The maximum Gasteiger partial charge on any atom is 0.335 e. The van der Waals surface area contributed by atoms with E-state index in [9.17, 15) is 4.79 Å². The number of aryl methyl sites for hydroxylation is 1. The van der Waals surface area contributed by atoms with Gasteiger partial charge in [-0.1, -0.05) is 6.92 Å². The lowest BCUT2D eigenvalue weighted by atomic mass is 10.2. The number of aromatic nitrogens is 2. The van der Waals surface area contributed by atoms with Crippen LogP contribution in [0.3, 0.4) is 0 Å². The van der Waals surface area contributed by atoms with Gasteiger partial charge in [-0.25, -0.2) is 14.8 Å². The summed E-state index contributed by atoms with van der Waals surface area (Å²) in [4.78, 5) is 20.0. The third-order valence-electron chi connectivity index (χ3n) is 3.24. The average molecular weight is 289 g/mol. The third-order valence-corrected chi connectivity index (χ3v) is 4.02. The van der Waals surface area contributed by atoms with E-state index in [1.807, 2.05) is 6.92 Å². The van der Waals surface area contributed by atoms with Gasteiger partial charge >= 0.3 is 5.97 Å². The molecular formula is C14H15N3O2S. The molecule has 0 radical (unpaired) electrons.